The lowest BCUT2D eigenvalue weighted by molar-refractivity contribution is 0.0492. The minimum atomic E-state index is -3.39. The summed E-state index contributed by atoms with van der Waals surface area (Å²) in [6, 6.07) is -1.33. The molecule has 80 valence electrons. The molecule has 3 N–H and O–H groups in total. The lowest BCUT2D eigenvalue weighted by Gasteiger charge is -2.20. The second kappa shape index (κ2) is 4.20. The molecule has 0 aromatic carbocycles. The molecule has 0 fully saturated rings. The van der Waals surface area contributed by atoms with E-state index < -0.39 is 11.4 Å². The molecule has 0 aliphatic heterocycles. The molecule has 0 spiro atoms. The number of hydrazine groups is 1. The molecule has 1 heterocycles. The summed E-state index contributed by atoms with van der Waals surface area (Å²) in [7, 11) is 1.71. The Morgan fingerprint density at radius 1 is 1.79 bits per heavy atom. The Morgan fingerprint density at radius 3 is 2.79 bits per heavy atom. The molecule has 14 heavy (non-hydrogen) atoms. The van der Waals surface area contributed by atoms with E-state index in [2.05, 4.69) is 4.98 Å². The first-order valence-corrected chi connectivity index (χ1v) is 4.32. The third-order valence-corrected chi connectivity index (χ3v) is 2.17. The van der Waals surface area contributed by atoms with E-state index in [0.29, 0.717) is 5.82 Å². The van der Waals surface area contributed by atoms with Crippen molar-refractivity contribution in [3.05, 3.63) is 18.2 Å². The maximum atomic E-state index is 12.7. The van der Waals surface area contributed by atoms with Gasteiger partial charge in [-0.2, -0.15) is 8.78 Å². The van der Waals surface area contributed by atoms with Crippen LogP contribution in [-0.4, -0.2) is 21.0 Å². The lowest BCUT2D eigenvalue weighted by atomic mass is 10.2. The summed E-state index contributed by atoms with van der Waals surface area (Å²) in [5.41, 5.74) is 1.97. The standard InChI is InChI=1S/C7H11ClF2N4/c1-14-3-2-12-6(14)4-5(13-11)7(8,9)10/h2-3,5,13H,4,11H2,1H3. The molecule has 1 aromatic rings. The molecule has 0 bridgehead atoms. The van der Waals surface area contributed by atoms with Crippen LogP contribution in [0.1, 0.15) is 5.82 Å². The first-order valence-electron chi connectivity index (χ1n) is 3.94. The molecule has 0 saturated heterocycles. The van der Waals surface area contributed by atoms with Gasteiger partial charge in [0.1, 0.15) is 11.9 Å². The maximum absolute atomic E-state index is 12.7. The van der Waals surface area contributed by atoms with Crippen LogP contribution in [0.3, 0.4) is 0 Å². The second-order valence-corrected chi connectivity index (χ2v) is 3.42. The van der Waals surface area contributed by atoms with Crippen LogP contribution in [0.2, 0.25) is 0 Å². The third kappa shape index (κ3) is 2.63. The van der Waals surface area contributed by atoms with Crippen LogP contribution in [0.15, 0.2) is 12.4 Å². The van der Waals surface area contributed by atoms with Gasteiger partial charge in [-0.3, -0.25) is 5.84 Å². The fourth-order valence-electron chi connectivity index (χ4n) is 1.04. The molecule has 0 amide bonds. The first-order chi connectivity index (χ1) is 6.45. The molecule has 1 unspecified atom stereocenters. The highest BCUT2D eigenvalue weighted by atomic mass is 35.5. The highest BCUT2D eigenvalue weighted by molar-refractivity contribution is 6.22. The number of hydrogen-bond donors (Lipinski definition) is 2. The van der Waals surface area contributed by atoms with Gasteiger partial charge in [0.25, 0.3) is 0 Å². The largest absolute Gasteiger partial charge is 0.338 e. The molecular weight excluding hydrogens is 214 g/mol. The van der Waals surface area contributed by atoms with Gasteiger partial charge in [0, 0.05) is 25.9 Å². The minimum absolute atomic E-state index is 0.0312. The number of nitrogens with two attached hydrogens (primary N) is 1. The number of nitrogens with one attached hydrogen (secondary N) is 1. The van der Waals surface area contributed by atoms with Crippen molar-refractivity contribution >= 4 is 11.6 Å². The summed E-state index contributed by atoms with van der Waals surface area (Å²) in [4.78, 5) is 3.89. The smallest absolute Gasteiger partial charge is 0.338 e. The van der Waals surface area contributed by atoms with Crippen LogP contribution < -0.4 is 11.3 Å². The predicted molar refractivity (Wildman–Crippen MR) is 48.8 cm³/mol. The van der Waals surface area contributed by atoms with E-state index in [4.69, 9.17) is 17.4 Å². The summed E-state index contributed by atoms with van der Waals surface area (Å²) in [6.45, 7) is 0. The molecule has 0 aliphatic rings. The number of hydrogen-bond acceptors (Lipinski definition) is 3. The summed E-state index contributed by atoms with van der Waals surface area (Å²) >= 11 is 4.86. The number of imidazole rings is 1. The van der Waals surface area contributed by atoms with E-state index in [-0.39, 0.29) is 6.42 Å². The number of rotatable bonds is 4. The normalized spacial score (nSPS) is 14.4. The highest BCUT2D eigenvalue weighted by Gasteiger charge is 2.37. The minimum Gasteiger partial charge on any atom is -0.338 e. The topological polar surface area (TPSA) is 55.9 Å². The summed E-state index contributed by atoms with van der Waals surface area (Å²) < 4.78 is 27.0. The second-order valence-electron chi connectivity index (χ2n) is 2.92. The molecule has 1 rings (SSSR count). The Kier molecular flexibility index (Phi) is 3.41. The zero-order chi connectivity index (χ0) is 10.8. The number of aryl methyl sites for hydroxylation is 1. The van der Waals surface area contributed by atoms with Crippen LogP contribution in [-0.2, 0) is 13.5 Å². The average Bonchev–Trinajstić information content (AvgIpc) is 2.45. The van der Waals surface area contributed by atoms with Crippen LogP contribution >= 0.6 is 11.6 Å². The predicted octanol–water partition coefficient (Wildman–Crippen LogP) is 0.626. The van der Waals surface area contributed by atoms with E-state index in [9.17, 15) is 8.78 Å². The van der Waals surface area contributed by atoms with Crippen molar-refractivity contribution in [2.45, 2.75) is 17.8 Å². The number of halogens is 3. The van der Waals surface area contributed by atoms with Gasteiger partial charge in [0.2, 0.25) is 0 Å². The lowest BCUT2D eigenvalue weighted by Crippen LogP contribution is -2.47. The van der Waals surface area contributed by atoms with Gasteiger partial charge < -0.3 is 4.57 Å². The SMILES string of the molecule is Cn1ccnc1CC(NN)C(F)(F)Cl. The number of alkyl halides is 3. The van der Waals surface area contributed by atoms with Gasteiger partial charge in [0.05, 0.1) is 0 Å². The summed E-state index contributed by atoms with van der Waals surface area (Å²) in [6.07, 6.45) is 3.15. The van der Waals surface area contributed by atoms with Crippen molar-refractivity contribution in [3.63, 3.8) is 0 Å². The van der Waals surface area contributed by atoms with E-state index in [0.717, 1.165) is 0 Å². The van der Waals surface area contributed by atoms with Crippen LogP contribution in [0.4, 0.5) is 8.78 Å². The van der Waals surface area contributed by atoms with Gasteiger partial charge in [-0.25, -0.2) is 10.4 Å². The summed E-state index contributed by atoms with van der Waals surface area (Å²) in [5.74, 6) is 5.47. The Balaban J connectivity index is 2.71. The maximum Gasteiger partial charge on any atom is 0.338 e. The van der Waals surface area contributed by atoms with Gasteiger partial charge in [-0.05, 0) is 11.6 Å². The molecule has 0 saturated carbocycles. The summed E-state index contributed by atoms with van der Waals surface area (Å²) in [5, 5.41) is -3.39. The quantitative estimate of drug-likeness (QED) is 0.448. The molecule has 1 atom stereocenters. The van der Waals surface area contributed by atoms with Crippen molar-refractivity contribution in [1.82, 2.24) is 15.0 Å². The Labute approximate surface area is 85.0 Å². The third-order valence-electron chi connectivity index (χ3n) is 1.90. The van der Waals surface area contributed by atoms with Gasteiger partial charge in [0.15, 0.2) is 0 Å². The van der Waals surface area contributed by atoms with Crippen molar-refractivity contribution < 1.29 is 8.78 Å². The first kappa shape index (κ1) is 11.4. The van der Waals surface area contributed by atoms with Crippen LogP contribution in [0.5, 0.6) is 0 Å². The van der Waals surface area contributed by atoms with Crippen molar-refractivity contribution in [1.29, 1.82) is 0 Å². The molecule has 0 radical (unpaired) electrons. The molecule has 7 heteroatoms. The van der Waals surface area contributed by atoms with Crippen LogP contribution in [0, 0.1) is 0 Å². The van der Waals surface area contributed by atoms with Gasteiger partial charge >= 0.3 is 5.38 Å². The highest BCUT2D eigenvalue weighted by Crippen LogP contribution is 2.25. The fourth-order valence-corrected chi connectivity index (χ4v) is 1.19. The Bertz CT molecular complexity index is 296. The number of aromatic nitrogens is 2. The molecular formula is C7H11ClF2N4. The number of nitrogens with zero attached hydrogens (tertiary/aromatic N) is 2. The molecule has 4 nitrogen and oxygen atoms in total. The zero-order valence-corrected chi connectivity index (χ0v) is 8.30. The van der Waals surface area contributed by atoms with Gasteiger partial charge in [-0.15, -0.1) is 0 Å². The monoisotopic (exact) mass is 224 g/mol. The Hall–Kier alpha value is -0.720. The molecule has 0 aliphatic carbocycles. The van der Waals surface area contributed by atoms with Gasteiger partial charge in [-0.1, -0.05) is 0 Å². The van der Waals surface area contributed by atoms with Crippen molar-refractivity contribution in [3.8, 4) is 0 Å². The van der Waals surface area contributed by atoms with E-state index >= 15 is 0 Å². The fraction of sp³-hybridized carbons (Fsp3) is 0.571. The van der Waals surface area contributed by atoms with Crippen molar-refractivity contribution in [2.24, 2.45) is 12.9 Å². The van der Waals surface area contributed by atoms with E-state index in [1.165, 1.54) is 6.20 Å². The molecule has 1 aromatic heterocycles. The van der Waals surface area contributed by atoms with Crippen LogP contribution in [0.25, 0.3) is 0 Å². The van der Waals surface area contributed by atoms with E-state index in [1.54, 1.807) is 17.8 Å². The zero-order valence-electron chi connectivity index (χ0n) is 7.54. The average molecular weight is 225 g/mol. The van der Waals surface area contributed by atoms with E-state index in [1.807, 2.05) is 5.43 Å². The van der Waals surface area contributed by atoms with Crippen molar-refractivity contribution in [2.75, 3.05) is 0 Å². The Morgan fingerprint density at radius 2 is 2.43 bits per heavy atom.